The van der Waals surface area contributed by atoms with E-state index >= 15 is 0 Å². The fraction of sp³-hybridized carbons (Fsp3) is 0.0400. The van der Waals surface area contributed by atoms with Gasteiger partial charge in [0, 0.05) is 25.2 Å². The summed E-state index contributed by atoms with van der Waals surface area (Å²) >= 11 is 15.5. The predicted molar refractivity (Wildman–Crippen MR) is 137 cm³/mol. The average molecular weight is 508 g/mol. The van der Waals surface area contributed by atoms with Gasteiger partial charge in [-0.15, -0.1) is 11.3 Å². The number of halogens is 2. The second kappa shape index (κ2) is 7.92. The highest BCUT2D eigenvalue weighted by Gasteiger charge is 2.30. The maximum atomic E-state index is 13.9. The van der Waals surface area contributed by atoms with Gasteiger partial charge in [0.2, 0.25) is 0 Å². The molecule has 1 aliphatic heterocycles. The van der Waals surface area contributed by atoms with Gasteiger partial charge in [-0.1, -0.05) is 47.1 Å². The van der Waals surface area contributed by atoms with E-state index in [4.69, 9.17) is 23.2 Å². The minimum Gasteiger partial charge on any atom is -0.274 e. The van der Waals surface area contributed by atoms with E-state index in [1.54, 1.807) is 16.7 Å². The van der Waals surface area contributed by atoms with Gasteiger partial charge in [0.1, 0.15) is 4.83 Å². The van der Waals surface area contributed by atoms with Crippen LogP contribution in [0.3, 0.4) is 0 Å². The Morgan fingerprint density at radius 2 is 1.61 bits per heavy atom. The fourth-order valence-corrected chi connectivity index (χ4v) is 6.41. The summed E-state index contributed by atoms with van der Waals surface area (Å²) in [5.74, 6) is -0.0884. The number of aryl methyl sites for hydroxylation is 1. The molecule has 0 radical (unpaired) electrons. The Morgan fingerprint density at radius 1 is 0.879 bits per heavy atom. The SMILES string of the molecule is Cc1nn(-c2ccc(Cl)cc2)c2sc(C(=O)N3c4ccccc4Sc4ccc(Cl)cc43)cc12. The first-order valence-electron chi connectivity index (χ1n) is 10.2. The van der Waals surface area contributed by atoms with Crippen molar-refractivity contribution < 1.29 is 4.79 Å². The summed E-state index contributed by atoms with van der Waals surface area (Å²) in [7, 11) is 0. The highest BCUT2D eigenvalue weighted by molar-refractivity contribution is 7.99. The highest BCUT2D eigenvalue weighted by Crippen LogP contribution is 2.49. The van der Waals surface area contributed by atoms with Crippen LogP contribution in [0.1, 0.15) is 15.4 Å². The van der Waals surface area contributed by atoms with Crippen molar-refractivity contribution in [2.75, 3.05) is 4.90 Å². The number of benzene rings is 3. The summed E-state index contributed by atoms with van der Waals surface area (Å²) in [6.07, 6.45) is 0. The Labute approximate surface area is 208 Å². The number of amides is 1. The minimum atomic E-state index is -0.0884. The molecule has 1 amide bonds. The summed E-state index contributed by atoms with van der Waals surface area (Å²) in [5, 5.41) is 6.91. The van der Waals surface area contributed by atoms with E-state index in [1.165, 1.54) is 11.3 Å². The van der Waals surface area contributed by atoms with Gasteiger partial charge in [-0.25, -0.2) is 4.68 Å². The lowest BCUT2D eigenvalue weighted by atomic mass is 10.2. The van der Waals surface area contributed by atoms with E-state index in [0.717, 1.165) is 42.8 Å². The number of hydrogen-bond acceptors (Lipinski definition) is 4. The smallest absolute Gasteiger partial charge is 0.273 e. The first kappa shape index (κ1) is 20.8. The summed E-state index contributed by atoms with van der Waals surface area (Å²) in [6.45, 7) is 1.96. The van der Waals surface area contributed by atoms with Crippen molar-refractivity contribution in [1.29, 1.82) is 0 Å². The zero-order chi connectivity index (χ0) is 22.7. The van der Waals surface area contributed by atoms with Crippen molar-refractivity contribution in [3.05, 3.63) is 93.4 Å². The van der Waals surface area contributed by atoms with Gasteiger partial charge in [0.05, 0.1) is 27.6 Å². The summed E-state index contributed by atoms with van der Waals surface area (Å²) in [4.78, 5) is 19.3. The van der Waals surface area contributed by atoms with Crippen LogP contribution < -0.4 is 4.90 Å². The normalized spacial score (nSPS) is 12.6. The van der Waals surface area contributed by atoms with E-state index in [1.807, 2.05) is 84.4 Å². The highest BCUT2D eigenvalue weighted by atomic mass is 35.5. The molecule has 0 aliphatic carbocycles. The molecule has 5 aromatic rings. The number of fused-ring (bicyclic) bond motifs is 3. The van der Waals surface area contributed by atoms with Gasteiger partial charge in [-0.3, -0.25) is 9.69 Å². The largest absolute Gasteiger partial charge is 0.274 e. The van der Waals surface area contributed by atoms with E-state index in [0.29, 0.717) is 14.9 Å². The number of rotatable bonds is 2. The molecule has 0 saturated heterocycles. The average Bonchev–Trinajstić information content (AvgIpc) is 3.38. The maximum Gasteiger partial charge on any atom is 0.273 e. The number of hydrogen-bond donors (Lipinski definition) is 0. The van der Waals surface area contributed by atoms with E-state index in [9.17, 15) is 4.79 Å². The molecule has 3 aromatic carbocycles. The fourth-order valence-electron chi connectivity index (χ4n) is 3.97. The predicted octanol–water partition coefficient (Wildman–Crippen LogP) is 8.15. The lowest BCUT2D eigenvalue weighted by Gasteiger charge is -2.30. The molecule has 2 aromatic heterocycles. The third-order valence-electron chi connectivity index (χ3n) is 5.52. The molecule has 162 valence electrons. The molecule has 3 heterocycles. The van der Waals surface area contributed by atoms with Crippen LogP contribution in [-0.4, -0.2) is 15.7 Å². The summed E-state index contributed by atoms with van der Waals surface area (Å²) < 4.78 is 1.87. The number of thiophene rings is 1. The van der Waals surface area contributed by atoms with Crippen LogP contribution in [0.25, 0.3) is 15.9 Å². The molecule has 0 saturated carbocycles. The Kier molecular flexibility index (Phi) is 4.99. The molecular weight excluding hydrogens is 493 g/mol. The van der Waals surface area contributed by atoms with Crippen LogP contribution in [0.4, 0.5) is 11.4 Å². The lowest BCUT2D eigenvalue weighted by molar-refractivity contribution is 0.100. The van der Waals surface area contributed by atoms with Crippen molar-refractivity contribution in [2.24, 2.45) is 0 Å². The molecule has 0 unspecified atom stereocenters. The Morgan fingerprint density at radius 3 is 2.42 bits per heavy atom. The Hall–Kier alpha value is -2.77. The first-order valence-corrected chi connectivity index (χ1v) is 12.5. The monoisotopic (exact) mass is 507 g/mol. The van der Waals surface area contributed by atoms with Crippen LogP contribution in [0.15, 0.2) is 82.6 Å². The third-order valence-corrected chi connectivity index (χ3v) is 8.23. The second-order valence-electron chi connectivity index (χ2n) is 7.63. The van der Waals surface area contributed by atoms with Crippen molar-refractivity contribution in [1.82, 2.24) is 9.78 Å². The molecule has 33 heavy (non-hydrogen) atoms. The van der Waals surface area contributed by atoms with Gasteiger partial charge >= 0.3 is 0 Å². The summed E-state index contributed by atoms with van der Waals surface area (Å²) in [6, 6.07) is 23.1. The van der Waals surface area contributed by atoms with Gasteiger partial charge < -0.3 is 0 Å². The van der Waals surface area contributed by atoms with Crippen molar-refractivity contribution >= 4 is 73.8 Å². The first-order chi connectivity index (χ1) is 16.0. The van der Waals surface area contributed by atoms with E-state index in [-0.39, 0.29) is 5.91 Å². The number of nitrogens with zero attached hydrogens (tertiary/aromatic N) is 3. The molecular formula is C25H15Cl2N3OS2. The summed E-state index contributed by atoms with van der Waals surface area (Å²) in [5.41, 5.74) is 3.42. The van der Waals surface area contributed by atoms with Crippen molar-refractivity contribution in [3.8, 4) is 5.69 Å². The quantitative estimate of drug-likeness (QED) is 0.242. The van der Waals surface area contributed by atoms with Gasteiger partial charge in [0.15, 0.2) is 0 Å². The molecule has 0 spiro atoms. The van der Waals surface area contributed by atoms with Crippen LogP contribution >= 0.6 is 46.3 Å². The number of aromatic nitrogens is 2. The molecule has 0 bridgehead atoms. The Bertz CT molecular complexity index is 1560. The number of para-hydroxylation sites is 1. The maximum absolute atomic E-state index is 13.9. The molecule has 0 N–H and O–H groups in total. The lowest BCUT2D eigenvalue weighted by Crippen LogP contribution is -2.27. The van der Waals surface area contributed by atoms with E-state index < -0.39 is 0 Å². The Balaban J connectivity index is 1.49. The molecule has 4 nitrogen and oxygen atoms in total. The molecule has 6 rings (SSSR count). The molecule has 0 fully saturated rings. The number of carbonyl (C=O) groups is 1. The van der Waals surface area contributed by atoms with Gasteiger partial charge in [0.25, 0.3) is 5.91 Å². The third kappa shape index (κ3) is 3.45. The van der Waals surface area contributed by atoms with Crippen LogP contribution in [0.2, 0.25) is 10.0 Å². The van der Waals surface area contributed by atoms with Gasteiger partial charge in [-0.05, 0) is 67.6 Å². The molecule has 0 atom stereocenters. The molecule has 8 heteroatoms. The topological polar surface area (TPSA) is 38.1 Å². The molecule has 1 aliphatic rings. The minimum absolute atomic E-state index is 0.0884. The van der Waals surface area contributed by atoms with Crippen LogP contribution in [0, 0.1) is 6.92 Å². The number of carbonyl (C=O) groups excluding carboxylic acids is 1. The zero-order valence-electron chi connectivity index (χ0n) is 17.3. The van der Waals surface area contributed by atoms with Crippen LogP contribution in [-0.2, 0) is 0 Å². The number of anilines is 2. The van der Waals surface area contributed by atoms with Gasteiger partial charge in [-0.2, -0.15) is 5.10 Å². The van der Waals surface area contributed by atoms with E-state index in [2.05, 4.69) is 5.10 Å². The van der Waals surface area contributed by atoms with Crippen molar-refractivity contribution in [2.45, 2.75) is 16.7 Å². The standard InChI is InChI=1S/C25H15Cl2N3OS2/c1-14-18-13-23(33-25(18)30(28-14)17-9-6-15(26)7-10-17)24(31)29-19-4-2-3-5-21(19)32-22-11-8-16(27)12-20(22)29/h2-13H,1H3. The van der Waals surface area contributed by atoms with Crippen LogP contribution in [0.5, 0.6) is 0 Å². The zero-order valence-corrected chi connectivity index (χ0v) is 20.4. The second-order valence-corrected chi connectivity index (χ2v) is 10.6. The van der Waals surface area contributed by atoms with Crippen molar-refractivity contribution in [3.63, 3.8) is 0 Å².